The molecule has 5 nitrogen and oxygen atoms in total. The van der Waals surface area contributed by atoms with Crippen LogP contribution < -0.4 is 0 Å². The number of hydrogen-bond donors (Lipinski definition) is 0. The fourth-order valence-electron chi connectivity index (χ4n) is 2.02. The second-order valence-corrected chi connectivity index (χ2v) is 6.96. The SMILES string of the molecule is CCCCCC(CCS(=O)(=O)c1ccccc1)[N+](=O)[O-]. The zero-order valence-electron chi connectivity index (χ0n) is 11.7. The second-order valence-electron chi connectivity index (χ2n) is 4.86. The molecule has 0 N–H and O–H groups in total. The molecular formula is C14H21NO4S. The van der Waals surface area contributed by atoms with Crippen LogP contribution in [-0.2, 0) is 9.84 Å². The summed E-state index contributed by atoms with van der Waals surface area (Å²) in [5.74, 6) is -0.172. The van der Waals surface area contributed by atoms with E-state index in [1.165, 1.54) is 12.1 Å². The molecule has 1 aromatic carbocycles. The number of hydrogen-bond acceptors (Lipinski definition) is 4. The van der Waals surface area contributed by atoms with Gasteiger partial charge in [-0.3, -0.25) is 10.1 Å². The zero-order valence-corrected chi connectivity index (χ0v) is 12.5. The van der Waals surface area contributed by atoms with Crippen LogP contribution in [0, 0.1) is 10.1 Å². The molecule has 0 bridgehead atoms. The second kappa shape index (κ2) is 7.99. The summed E-state index contributed by atoms with van der Waals surface area (Å²) in [6.45, 7) is 2.03. The molecule has 0 aromatic heterocycles. The van der Waals surface area contributed by atoms with Gasteiger partial charge in [0.2, 0.25) is 6.04 Å². The van der Waals surface area contributed by atoms with E-state index < -0.39 is 15.9 Å². The highest BCUT2D eigenvalue weighted by molar-refractivity contribution is 7.91. The average molecular weight is 299 g/mol. The van der Waals surface area contributed by atoms with E-state index in [4.69, 9.17) is 0 Å². The van der Waals surface area contributed by atoms with Gasteiger partial charge in [-0.1, -0.05) is 38.0 Å². The molecule has 0 aliphatic carbocycles. The maximum absolute atomic E-state index is 12.1. The fraction of sp³-hybridized carbons (Fsp3) is 0.571. The summed E-state index contributed by atoms with van der Waals surface area (Å²) in [6, 6.07) is 7.32. The molecule has 6 heteroatoms. The van der Waals surface area contributed by atoms with E-state index in [0.29, 0.717) is 6.42 Å². The van der Waals surface area contributed by atoms with Crippen LogP contribution >= 0.6 is 0 Å². The molecule has 0 aliphatic rings. The first-order valence-corrected chi connectivity index (χ1v) is 8.54. The van der Waals surface area contributed by atoms with E-state index in [0.717, 1.165) is 19.3 Å². The summed E-state index contributed by atoms with van der Waals surface area (Å²) < 4.78 is 24.1. The van der Waals surface area contributed by atoms with Crippen molar-refractivity contribution in [2.75, 3.05) is 5.75 Å². The molecule has 0 spiro atoms. The summed E-state index contributed by atoms with van der Waals surface area (Å²) >= 11 is 0. The quantitative estimate of drug-likeness (QED) is 0.399. The number of sulfone groups is 1. The Morgan fingerprint density at radius 3 is 2.35 bits per heavy atom. The van der Waals surface area contributed by atoms with E-state index in [-0.39, 0.29) is 22.0 Å². The Kier molecular flexibility index (Phi) is 6.64. The molecule has 0 radical (unpaired) electrons. The van der Waals surface area contributed by atoms with E-state index in [9.17, 15) is 18.5 Å². The van der Waals surface area contributed by atoms with E-state index >= 15 is 0 Å². The lowest BCUT2D eigenvalue weighted by Gasteiger charge is -2.09. The van der Waals surface area contributed by atoms with Crippen molar-refractivity contribution in [1.82, 2.24) is 0 Å². The molecule has 0 saturated carbocycles. The third-order valence-corrected chi connectivity index (χ3v) is 5.02. The Balaban J connectivity index is 2.60. The van der Waals surface area contributed by atoms with Crippen LogP contribution in [0.4, 0.5) is 0 Å². The van der Waals surface area contributed by atoms with Crippen molar-refractivity contribution >= 4 is 9.84 Å². The van der Waals surface area contributed by atoms with Crippen molar-refractivity contribution in [2.24, 2.45) is 0 Å². The Labute approximate surface area is 120 Å². The molecule has 20 heavy (non-hydrogen) atoms. The van der Waals surface area contributed by atoms with Crippen LogP contribution in [0.25, 0.3) is 0 Å². The standard InChI is InChI=1S/C14H21NO4S/c1-2-3-5-8-13(15(16)17)11-12-20(18,19)14-9-6-4-7-10-14/h4,6-7,9-10,13H,2-3,5,8,11-12H2,1H3. The van der Waals surface area contributed by atoms with Crippen LogP contribution in [0.3, 0.4) is 0 Å². The number of nitrogens with zero attached hydrogens (tertiary/aromatic N) is 1. The van der Waals surface area contributed by atoms with Crippen molar-refractivity contribution in [3.8, 4) is 0 Å². The lowest BCUT2D eigenvalue weighted by molar-refractivity contribution is -0.523. The number of nitro groups is 1. The van der Waals surface area contributed by atoms with Crippen molar-refractivity contribution in [1.29, 1.82) is 0 Å². The van der Waals surface area contributed by atoms with Crippen LogP contribution in [0.15, 0.2) is 35.2 Å². The van der Waals surface area contributed by atoms with Crippen LogP contribution in [0.5, 0.6) is 0 Å². The highest BCUT2D eigenvalue weighted by atomic mass is 32.2. The van der Waals surface area contributed by atoms with Gasteiger partial charge in [-0.05, 0) is 18.6 Å². The molecule has 1 rings (SSSR count). The molecule has 0 aliphatic heterocycles. The number of rotatable bonds is 9. The Bertz CT molecular complexity index is 513. The van der Waals surface area contributed by atoms with Gasteiger partial charge in [0, 0.05) is 17.8 Å². The maximum atomic E-state index is 12.1. The maximum Gasteiger partial charge on any atom is 0.214 e. The number of unbranched alkanes of at least 4 members (excludes halogenated alkanes) is 2. The summed E-state index contributed by atoms with van der Waals surface area (Å²) in [5.41, 5.74) is 0. The van der Waals surface area contributed by atoms with Crippen molar-refractivity contribution in [2.45, 2.75) is 50.0 Å². The van der Waals surface area contributed by atoms with Crippen molar-refractivity contribution in [3.63, 3.8) is 0 Å². The van der Waals surface area contributed by atoms with E-state index in [1.54, 1.807) is 18.2 Å². The molecule has 0 heterocycles. The first-order chi connectivity index (χ1) is 9.47. The normalized spacial score (nSPS) is 13.1. The van der Waals surface area contributed by atoms with Gasteiger partial charge in [0.05, 0.1) is 10.6 Å². The molecule has 0 saturated heterocycles. The van der Waals surface area contributed by atoms with Gasteiger partial charge >= 0.3 is 0 Å². The third-order valence-electron chi connectivity index (χ3n) is 3.26. The largest absolute Gasteiger partial charge is 0.264 e. The predicted molar refractivity (Wildman–Crippen MR) is 78.0 cm³/mol. The Morgan fingerprint density at radius 1 is 1.15 bits per heavy atom. The first-order valence-electron chi connectivity index (χ1n) is 6.88. The fourth-order valence-corrected chi connectivity index (χ4v) is 3.41. The summed E-state index contributed by atoms with van der Waals surface area (Å²) in [6.07, 6.45) is 3.23. The smallest absolute Gasteiger partial charge is 0.214 e. The predicted octanol–water partition coefficient (Wildman–Crippen LogP) is 3.08. The molecule has 0 amide bonds. The van der Waals surface area contributed by atoms with Gasteiger partial charge in [0.1, 0.15) is 0 Å². The molecule has 1 atom stereocenters. The lowest BCUT2D eigenvalue weighted by atomic mass is 10.1. The molecular weight excluding hydrogens is 278 g/mol. The number of benzene rings is 1. The lowest BCUT2D eigenvalue weighted by Crippen LogP contribution is -2.23. The van der Waals surface area contributed by atoms with Gasteiger partial charge in [-0.2, -0.15) is 0 Å². The minimum absolute atomic E-state index is 0.0773. The van der Waals surface area contributed by atoms with Gasteiger partial charge in [-0.15, -0.1) is 0 Å². The average Bonchev–Trinajstić information content (AvgIpc) is 2.43. The highest BCUT2D eigenvalue weighted by Crippen LogP contribution is 2.15. The molecule has 112 valence electrons. The minimum Gasteiger partial charge on any atom is -0.264 e. The van der Waals surface area contributed by atoms with Crippen LogP contribution in [0.2, 0.25) is 0 Å². The first kappa shape index (κ1) is 16.6. The minimum atomic E-state index is -3.42. The highest BCUT2D eigenvalue weighted by Gasteiger charge is 2.24. The van der Waals surface area contributed by atoms with Gasteiger partial charge < -0.3 is 0 Å². The molecule has 1 unspecified atom stereocenters. The zero-order chi connectivity index (χ0) is 15.0. The van der Waals surface area contributed by atoms with Crippen molar-refractivity contribution < 1.29 is 13.3 Å². The monoisotopic (exact) mass is 299 g/mol. The van der Waals surface area contributed by atoms with Crippen molar-refractivity contribution in [3.05, 3.63) is 40.4 Å². The molecule has 0 fully saturated rings. The summed E-state index contributed by atoms with van der Waals surface area (Å²) in [4.78, 5) is 10.8. The summed E-state index contributed by atoms with van der Waals surface area (Å²) in [7, 11) is -3.42. The van der Waals surface area contributed by atoms with E-state index in [2.05, 4.69) is 0 Å². The third kappa shape index (κ3) is 5.28. The van der Waals surface area contributed by atoms with Gasteiger partial charge in [0.25, 0.3) is 0 Å². The molecule has 1 aromatic rings. The van der Waals surface area contributed by atoms with Gasteiger partial charge in [0.15, 0.2) is 9.84 Å². The topological polar surface area (TPSA) is 77.3 Å². The Hall–Kier alpha value is -1.43. The van der Waals surface area contributed by atoms with Gasteiger partial charge in [-0.25, -0.2) is 8.42 Å². The van der Waals surface area contributed by atoms with Crippen LogP contribution in [0.1, 0.15) is 39.0 Å². The Morgan fingerprint density at radius 2 is 1.80 bits per heavy atom. The van der Waals surface area contributed by atoms with Crippen LogP contribution in [-0.4, -0.2) is 25.1 Å². The summed E-state index contributed by atoms with van der Waals surface area (Å²) in [5, 5.41) is 11.0. The van der Waals surface area contributed by atoms with E-state index in [1.807, 2.05) is 6.92 Å².